The van der Waals surface area contributed by atoms with Crippen molar-refractivity contribution in [3.63, 3.8) is 0 Å². The molecule has 0 unspecified atom stereocenters. The van der Waals surface area contributed by atoms with E-state index in [0.717, 1.165) is 65.4 Å². The summed E-state index contributed by atoms with van der Waals surface area (Å²) in [5, 5.41) is 15.6. The van der Waals surface area contributed by atoms with Gasteiger partial charge in [-0.1, -0.05) is 0 Å². The van der Waals surface area contributed by atoms with Crippen molar-refractivity contribution in [1.82, 2.24) is 20.4 Å². The van der Waals surface area contributed by atoms with Gasteiger partial charge in [-0.25, -0.2) is 0 Å². The lowest BCUT2D eigenvalue weighted by molar-refractivity contribution is 0.113. The zero-order valence-corrected chi connectivity index (χ0v) is 11.4. The molecule has 0 atom stereocenters. The Bertz CT molecular complexity index is 185. The van der Waals surface area contributed by atoms with E-state index in [0.29, 0.717) is 6.54 Å². The van der Waals surface area contributed by atoms with Crippen molar-refractivity contribution in [1.29, 1.82) is 0 Å². The second kappa shape index (κ2) is 10.7. The summed E-state index contributed by atoms with van der Waals surface area (Å²) in [5.74, 6) is 0. The number of aliphatic hydroxyl groups excluding tert-OH is 1. The average Bonchev–Trinajstić information content (AvgIpc) is 2.40. The first kappa shape index (κ1) is 15.8. The summed E-state index contributed by atoms with van der Waals surface area (Å²) in [6.45, 7) is 11.3. The van der Waals surface area contributed by atoms with Crippen LogP contribution in [0.25, 0.3) is 0 Å². The summed E-state index contributed by atoms with van der Waals surface area (Å²) in [6.07, 6.45) is 0. The van der Waals surface area contributed by atoms with E-state index >= 15 is 0 Å². The van der Waals surface area contributed by atoms with Crippen LogP contribution in [0.3, 0.4) is 0 Å². The normalized spacial score (nSPS) is 18.3. The molecule has 108 valence electrons. The number of piperazine rings is 1. The van der Waals surface area contributed by atoms with Gasteiger partial charge in [-0.15, -0.1) is 0 Å². The molecule has 6 heteroatoms. The summed E-state index contributed by atoms with van der Waals surface area (Å²) in [6, 6.07) is 0. The van der Waals surface area contributed by atoms with Gasteiger partial charge in [0.05, 0.1) is 6.61 Å². The zero-order valence-electron chi connectivity index (χ0n) is 11.4. The van der Waals surface area contributed by atoms with Gasteiger partial charge < -0.3 is 21.5 Å². The Morgan fingerprint density at radius 1 is 0.833 bits per heavy atom. The highest BCUT2D eigenvalue weighted by Crippen LogP contribution is 1.99. The maximum atomic E-state index is 8.87. The van der Waals surface area contributed by atoms with Crippen LogP contribution in [-0.4, -0.2) is 93.5 Å². The molecule has 1 saturated heterocycles. The first-order valence-electron chi connectivity index (χ1n) is 7.04. The van der Waals surface area contributed by atoms with E-state index in [-0.39, 0.29) is 6.61 Å². The number of aliphatic hydroxyl groups is 1. The first-order valence-corrected chi connectivity index (χ1v) is 7.04. The number of nitrogens with one attached hydrogen (secondary N) is 2. The maximum Gasteiger partial charge on any atom is 0.0558 e. The van der Waals surface area contributed by atoms with Crippen molar-refractivity contribution in [2.45, 2.75) is 0 Å². The van der Waals surface area contributed by atoms with E-state index in [1.807, 2.05) is 0 Å². The van der Waals surface area contributed by atoms with E-state index in [4.69, 9.17) is 10.8 Å². The van der Waals surface area contributed by atoms with Crippen LogP contribution in [0.4, 0.5) is 0 Å². The van der Waals surface area contributed by atoms with Crippen LogP contribution < -0.4 is 16.4 Å². The lowest BCUT2D eigenvalue weighted by Crippen LogP contribution is -2.48. The van der Waals surface area contributed by atoms with Crippen LogP contribution in [0.15, 0.2) is 0 Å². The van der Waals surface area contributed by atoms with E-state index in [1.165, 1.54) is 0 Å². The van der Waals surface area contributed by atoms with Gasteiger partial charge in [0, 0.05) is 72.0 Å². The number of nitrogens with zero attached hydrogens (tertiary/aromatic N) is 2. The molecular weight excluding hydrogens is 230 g/mol. The molecular formula is C12H29N5O. The predicted octanol–water partition coefficient (Wildman–Crippen LogP) is -2.27. The first-order chi connectivity index (χ1) is 8.86. The molecule has 1 fully saturated rings. The summed E-state index contributed by atoms with van der Waals surface area (Å²) in [4.78, 5) is 4.80. The Morgan fingerprint density at radius 2 is 1.39 bits per heavy atom. The van der Waals surface area contributed by atoms with Gasteiger partial charge in [0.25, 0.3) is 0 Å². The molecule has 1 heterocycles. The van der Waals surface area contributed by atoms with Gasteiger partial charge >= 0.3 is 0 Å². The van der Waals surface area contributed by atoms with Crippen molar-refractivity contribution in [3.05, 3.63) is 0 Å². The number of β-amino-alcohol motifs (C(OH)–C–C–N with tert-alkyl or cyclic N) is 1. The lowest BCUT2D eigenvalue weighted by Gasteiger charge is -2.34. The van der Waals surface area contributed by atoms with Crippen LogP contribution in [0.5, 0.6) is 0 Å². The standard InChI is InChI=1S/C12H29N5O/c13-1-2-14-3-4-15-5-6-16-7-9-17(10-8-16)11-12-18/h14-15,18H,1-13H2. The minimum atomic E-state index is 0.275. The fourth-order valence-electron chi connectivity index (χ4n) is 2.14. The van der Waals surface area contributed by atoms with Gasteiger partial charge in [-0.2, -0.15) is 0 Å². The Morgan fingerprint density at radius 3 is 1.94 bits per heavy atom. The Kier molecular flexibility index (Phi) is 9.37. The van der Waals surface area contributed by atoms with Crippen LogP contribution in [0.1, 0.15) is 0 Å². The second-order valence-corrected chi connectivity index (χ2v) is 4.70. The largest absolute Gasteiger partial charge is 0.395 e. The molecule has 1 aliphatic heterocycles. The van der Waals surface area contributed by atoms with E-state index in [9.17, 15) is 0 Å². The van der Waals surface area contributed by atoms with Crippen LogP contribution in [0, 0.1) is 0 Å². The number of nitrogens with two attached hydrogens (primary N) is 1. The quantitative estimate of drug-likeness (QED) is 0.332. The third kappa shape index (κ3) is 7.25. The molecule has 0 radical (unpaired) electrons. The second-order valence-electron chi connectivity index (χ2n) is 4.70. The smallest absolute Gasteiger partial charge is 0.0558 e. The monoisotopic (exact) mass is 259 g/mol. The fourth-order valence-corrected chi connectivity index (χ4v) is 2.14. The highest BCUT2D eigenvalue weighted by Gasteiger charge is 2.15. The zero-order chi connectivity index (χ0) is 13.1. The lowest BCUT2D eigenvalue weighted by atomic mass is 10.3. The minimum Gasteiger partial charge on any atom is -0.395 e. The van der Waals surface area contributed by atoms with Crippen molar-refractivity contribution in [2.75, 3.05) is 78.6 Å². The minimum absolute atomic E-state index is 0.275. The summed E-state index contributed by atoms with van der Waals surface area (Å²) >= 11 is 0. The molecule has 0 aromatic rings. The van der Waals surface area contributed by atoms with Gasteiger partial charge in [-0.05, 0) is 0 Å². The number of hydrogen-bond acceptors (Lipinski definition) is 6. The molecule has 0 amide bonds. The van der Waals surface area contributed by atoms with Crippen molar-refractivity contribution in [2.24, 2.45) is 5.73 Å². The molecule has 0 bridgehead atoms. The molecule has 1 aliphatic rings. The third-order valence-electron chi connectivity index (χ3n) is 3.29. The topological polar surface area (TPSA) is 76.8 Å². The van der Waals surface area contributed by atoms with Crippen LogP contribution >= 0.6 is 0 Å². The molecule has 1 rings (SSSR count). The highest BCUT2D eigenvalue weighted by molar-refractivity contribution is 4.72. The predicted molar refractivity (Wildman–Crippen MR) is 74.8 cm³/mol. The van der Waals surface area contributed by atoms with E-state index in [2.05, 4.69) is 20.4 Å². The van der Waals surface area contributed by atoms with E-state index < -0.39 is 0 Å². The van der Waals surface area contributed by atoms with Crippen molar-refractivity contribution >= 4 is 0 Å². The summed E-state index contributed by atoms with van der Waals surface area (Å²) in [7, 11) is 0. The fraction of sp³-hybridized carbons (Fsp3) is 1.00. The molecule has 5 N–H and O–H groups in total. The number of hydrogen-bond donors (Lipinski definition) is 4. The molecule has 0 saturated carbocycles. The molecule has 0 spiro atoms. The Balaban J connectivity index is 1.88. The molecule has 18 heavy (non-hydrogen) atoms. The Labute approximate surface area is 111 Å². The summed E-state index contributed by atoms with van der Waals surface area (Å²) in [5.41, 5.74) is 5.39. The maximum absolute atomic E-state index is 8.87. The van der Waals surface area contributed by atoms with Crippen molar-refractivity contribution < 1.29 is 5.11 Å². The molecule has 0 aromatic heterocycles. The molecule has 6 nitrogen and oxygen atoms in total. The number of rotatable bonds is 10. The highest BCUT2D eigenvalue weighted by atomic mass is 16.3. The Hall–Kier alpha value is -0.240. The summed E-state index contributed by atoms with van der Waals surface area (Å²) < 4.78 is 0. The third-order valence-corrected chi connectivity index (χ3v) is 3.29. The van der Waals surface area contributed by atoms with Gasteiger partial charge in [0.15, 0.2) is 0 Å². The van der Waals surface area contributed by atoms with Gasteiger partial charge in [0.2, 0.25) is 0 Å². The van der Waals surface area contributed by atoms with Crippen LogP contribution in [0.2, 0.25) is 0 Å². The average molecular weight is 259 g/mol. The van der Waals surface area contributed by atoms with E-state index in [1.54, 1.807) is 0 Å². The van der Waals surface area contributed by atoms with Crippen LogP contribution in [-0.2, 0) is 0 Å². The van der Waals surface area contributed by atoms with Gasteiger partial charge in [-0.3, -0.25) is 9.80 Å². The molecule has 0 aromatic carbocycles. The van der Waals surface area contributed by atoms with Gasteiger partial charge in [0.1, 0.15) is 0 Å². The van der Waals surface area contributed by atoms with Crippen molar-refractivity contribution in [3.8, 4) is 0 Å². The molecule has 0 aliphatic carbocycles. The SMILES string of the molecule is NCCNCCNCCN1CCN(CCO)CC1.